The lowest BCUT2D eigenvalue weighted by Crippen LogP contribution is -2.33. The Morgan fingerprint density at radius 1 is 1.00 bits per heavy atom. The molecule has 3 rings (SSSR count). The van der Waals surface area contributed by atoms with Gasteiger partial charge in [-0.15, -0.1) is 0 Å². The summed E-state index contributed by atoms with van der Waals surface area (Å²) in [6.45, 7) is 1.79. The molecule has 1 aromatic carbocycles. The number of anilines is 1. The van der Waals surface area contributed by atoms with Crippen molar-refractivity contribution in [2.24, 2.45) is 5.92 Å². The van der Waals surface area contributed by atoms with Crippen LogP contribution in [0.25, 0.3) is 0 Å². The van der Waals surface area contributed by atoms with E-state index >= 15 is 0 Å². The molecule has 1 aliphatic heterocycles. The first-order chi connectivity index (χ1) is 11.2. The number of esters is 1. The number of carbonyl (C=O) groups is 2. The number of benzene rings is 1. The molecule has 124 valence electrons. The van der Waals surface area contributed by atoms with Gasteiger partial charge in [-0.2, -0.15) is 0 Å². The van der Waals surface area contributed by atoms with Crippen LogP contribution in [0.4, 0.5) is 5.69 Å². The van der Waals surface area contributed by atoms with Gasteiger partial charge in [0.1, 0.15) is 6.10 Å². The second-order valence-corrected chi connectivity index (χ2v) is 6.40. The molecule has 0 bridgehead atoms. The Morgan fingerprint density at radius 2 is 1.65 bits per heavy atom. The number of hydrogen-bond acceptors (Lipinski definition) is 4. The fraction of sp³-hybridized carbons (Fsp3) is 0.556. The van der Waals surface area contributed by atoms with Crippen LogP contribution in [0.5, 0.6) is 0 Å². The summed E-state index contributed by atoms with van der Waals surface area (Å²) in [4.78, 5) is 24.2. The van der Waals surface area contributed by atoms with Crippen LogP contribution in [0.1, 0.15) is 48.9 Å². The maximum atomic E-state index is 12.1. The zero-order chi connectivity index (χ0) is 16.1. The Kier molecular flexibility index (Phi) is 5.28. The highest BCUT2D eigenvalue weighted by atomic mass is 16.5. The predicted octanol–water partition coefficient (Wildman–Crippen LogP) is 2.72. The number of hydrogen-bond donors (Lipinski definition) is 2. The molecule has 1 amide bonds. The Hall–Kier alpha value is -1.88. The predicted molar refractivity (Wildman–Crippen MR) is 88.3 cm³/mol. The first-order valence-corrected chi connectivity index (χ1v) is 8.55. The van der Waals surface area contributed by atoms with Crippen LogP contribution < -0.4 is 10.6 Å². The molecule has 2 N–H and O–H groups in total. The topological polar surface area (TPSA) is 67.4 Å². The van der Waals surface area contributed by atoms with Gasteiger partial charge < -0.3 is 15.4 Å². The molecule has 0 spiro atoms. The van der Waals surface area contributed by atoms with E-state index in [4.69, 9.17) is 4.74 Å². The van der Waals surface area contributed by atoms with Crippen molar-refractivity contribution in [3.05, 3.63) is 29.8 Å². The monoisotopic (exact) mass is 316 g/mol. The van der Waals surface area contributed by atoms with Gasteiger partial charge in [0.25, 0.3) is 0 Å². The molecule has 5 nitrogen and oxygen atoms in total. The molecular formula is C18H24N2O3. The second-order valence-electron chi connectivity index (χ2n) is 6.40. The molecule has 0 aromatic heterocycles. The van der Waals surface area contributed by atoms with Gasteiger partial charge in [0.15, 0.2) is 0 Å². The zero-order valence-electron chi connectivity index (χ0n) is 13.3. The summed E-state index contributed by atoms with van der Waals surface area (Å²) in [5.41, 5.74) is 1.27. The molecule has 1 saturated carbocycles. The summed E-state index contributed by atoms with van der Waals surface area (Å²) in [5, 5.41) is 6.18. The average molecular weight is 316 g/mol. The molecule has 1 saturated heterocycles. The van der Waals surface area contributed by atoms with Crippen LogP contribution in [0, 0.1) is 5.92 Å². The first-order valence-electron chi connectivity index (χ1n) is 8.55. The smallest absolute Gasteiger partial charge is 0.338 e. The van der Waals surface area contributed by atoms with Gasteiger partial charge in [0, 0.05) is 11.6 Å². The van der Waals surface area contributed by atoms with E-state index in [-0.39, 0.29) is 23.9 Å². The van der Waals surface area contributed by atoms with Crippen molar-refractivity contribution in [1.29, 1.82) is 0 Å². The normalized spacial score (nSPS) is 19.5. The van der Waals surface area contributed by atoms with Gasteiger partial charge in [-0.1, -0.05) is 12.8 Å². The van der Waals surface area contributed by atoms with E-state index in [1.54, 1.807) is 24.3 Å². The number of nitrogens with one attached hydrogen (secondary N) is 2. The zero-order valence-corrected chi connectivity index (χ0v) is 13.3. The molecule has 0 unspecified atom stereocenters. The van der Waals surface area contributed by atoms with Crippen molar-refractivity contribution in [2.45, 2.75) is 44.6 Å². The molecule has 2 fully saturated rings. The van der Waals surface area contributed by atoms with Gasteiger partial charge in [0.2, 0.25) is 5.91 Å². The molecule has 1 heterocycles. The van der Waals surface area contributed by atoms with E-state index in [1.807, 2.05) is 0 Å². The summed E-state index contributed by atoms with van der Waals surface area (Å²) >= 11 is 0. The lowest BCUT2D eigenvalue weighted by Gasteiger charge is -2.22. The summed E-state index contributed by atoms with van der Waals surface area (Å²) in [6, 6.07) is 6.97. The lowest BCUT2D eigenvalue weighted by atomic mass is 10.1. The fourth-order valence-corrected chi connectivity index (χ4v) is 3.25. The van der Waals surface area contributed by atoms with Crippen molar-refractivity contribution < 1.29 is 14.3 Å². The minimum absolute atomic E-state index is 0.00509. The van der Waals surface area contributed by atoms with Gasteiger partial charge in [-0.3, -0.25) is 4.79 Å². The highest BCUT2D eigenvalue weighted by Crippen LogP contribution is 2.26. The molecular weight excluding hydrogens is 292 g/mol. The van der Waals surface area contributed by atoms with E-state index in [0.29, 0.717) is 5.56 Å². The highest BCUT2D eigenvalue weighted by molar-refractivity contribution is 5.94. The maximum absolute atomic E-state index is 12.1. The number of amides is 1. The lowest BCUT2D eigenvalue weighted by molar-refractivity contribution is -0.119. The van der Waals surface area contributed by atoms with Crippen LogP contribution in [0.15, 0.2) is 24.3 Å². The van der Waals surface area contributed by atoms with E-state index in [2.05, 4.69) is 10.6 Å². The van der Waals surface area contributed by atoms with Crippen molar-refractivity contribution in [1.82, 2.24) is 5.32 Å². The average Bonchev–Trinajstić information content (AvgIpc) is 3.11. The summed E-state index contributed by atoms with van der Waals surface area (Å²) in [6.07, 6.45) is 5.96. The quantitative estimate of drug-likeness (QED) is 0.838. The van der Waals surface area contributed by atoms with E-state index in [9.17, 15) is 9.59 Å². The fourth-order valence-electron chi connectivity index (χ4n) is 3.25. The highest BCUT2D eigenvalue weighted by Gasteiger charge is 2.23. The largest absolute Gasteiger partial charge is 0.459 e. The molecule has 0 radical (unpaired) electrons. The number of piperidine rings is 1. The van der Waals surface area contributed by atoms with Gasteiger partial charge in [-0.25, -0.2) is 4.79 Å². The van der Waals surface area contributed by atoms with Gasteiger partial charge in [-0.05, 0) is 63.0 Å². The summed E-state index contributed by atoms with van der Waals surface area (Å²) < 4.78 is 5.51. The second kappa shape index (κ2) is 7.59. The molecule has 5 heteroatoms. The Balaban J connectivity index is 1.53. The maximum Gasteiger partial charge on any atom is 0.338 e. The van der Waals surface area contributed by atoms with Crippen LogP contribution in [-0.4, -0.2) is 31.1 Å². The SMILES string of the molecule is O=C(OC1CCNCC1)c1ccc(NC(=O)C2CCCC2)cc1. The Morgan fingerprint density at radius 3 is 2.30 bits per heavy atom. The number of ether oxygens (including phenoxy) is 1. The van der Waals surface area contributed by atoms with Crippen molar-refractivity contribution in [2.75, 3.05) is 18.4 Å². The molecule has 0 atom stereocenters. The molecule has 1 aromatic rings. The summed E-state index contributed by atoms with van der Waals surface area (Å²) in [5.74, 6) is -0.0577. The van der Waals surface area contributed by atoms with E-state index in [1.165, 1.54) is 0 Å². The van der Waals surface area contributed by atoms with Gasteiger partial charge >= 0.3 is 5.97 Å². The third-order valence-corrected chi connectivity index (χ3v) is 4.67. The molecule has 1 aliphatic carbocycles. The number of rotatable bonds is 4. The van der Waals surface area contributed by atoms with Crippen LogP contribution in [-0.2, 0) is 9.53 Å². The van der Waals surface area contributed by atoms with Crippen LogP contribution in [0.3, 0.4) is 0 Å². The van der Waals surface area contributed by atoms with Crippen LogP contribution >= 0.6 is 0 Å². The Labute approximate surface area is 136 Å². The summed E-state index contributed by atoms with van der Waals surface area (Å²) in [7, 11) is 0. The molecule has 23 heavy (non-hydrogen) atoms. The minimum atomic E-state index is -0.287. The van der Waals surface area contributed by atoms with Crippen molar-refractivity contribution >= 4 is 17.6 Å². The van der Waals surface area contributed by atoms with Crippen LogP contribution in [0.2, 0.25) is 0 Å². The van der Waals surface area contributed by atoms with E-state index in [0.717, 1.165) is 57.3 Å². The third-order valence-electron chi connectivity index (χ3n) is 4.67. The molecule has 2 aliphatic rings. The van der Waals surface area contributed by atoms with Crippen molar-refractivity contribution in [3.8, 4) is 0 Å². The first kappa shape index (κ1) is 16.0. The van der Waals surface area contributed by atoms with E-state index < -0.39 is 0 Å². The Bertz CT molecular complexity index is 544. The van der Waals surface area contributed by atoms with Crippen molar-refractivity contribution in [3.63, 3.8) is 0 Å². The third kappa shape index (κ3) is 4.32. The van der Waals surface area contributed by atoms with Gasteiger partial charge in [0.05, 0.1) is 5.56 Å². The number of carbonyl (C=O) groups excluding carboxylic acids is 2. The standard InChI is InChI=1S/C18H24N2O3/c21-17(13-3-1-2-4-13)20-15-7-5-14(6-8-15)18(22)23-16-9-11-19-12-10-16/h5-8,13,16,19H,1-4,9-12H2,(H,20,21). The minimum Gasteiger partial charge on any atom is -0.459 e.